The van der Waals surface area contributed by atoms with Crippen LogP contribution in [0.4, 0.5) is 0 Å². The number of nitrogens with one attached hydrogen (secondary N) is 1. The van der Waals surface area contributed by atoms with Crippen LogP contribution in [0.3, 0.4) is 0 Å². The lowest BCUT2D eigenvalue weighted by Gasteiger charge is -2.15. The Labute approximate surface area is 199 Å². The molecule has 2 aromatic heterocycles. The number of methoxy groups -OCH3 is 1. The van der Waals surface area contributed by atoms with Crippen LogP contribution < -0.4 is 20.7 Å². The Hall–Kier alpha value is -3.96. The van der Waals surface area contributed by atoms with Gasteiger partial charge in [0.15, 0.2) is 0 Å². The minimum atomic E-state index is -0.652. The van der Waals surface area contributed by atoms with Crippen LogP contribution in [0.1, 0.15) is 29.9 Å². The van der Waals surface area contributed by atoms with Crippen LogP contribution in [0.2, 0.25) is 0 Å². The Kier molecular flexibility index (Phi) is 6.10. The van der Waals surface area contributed by atoms with Gasteiger partial charge in [-0.15, -0.1) is 5.10 Å². The molecule has 1 aliphatic rings. The highest BCUT2D eigenvalue weighted by atomic mass is 16.5. The fraction of sp³-hybridized carbons (Fsp3) is 0.333. The molecule has 0 radical (unpaired) electrons. The molecule has 0 spiro atoms. The molecule has 11 heteroatoms. The van der Waals surface area contributed by atoms with Gasteiger partial charge >= 0.3 is 5.69 Å². The normalized spacial score (nSPS) is 19.8. The van der Waals surface area contributed by atoms with Gasteiger partial charge in [0.1, 0.15) is 36.1 Å². The topological polar surface area (TPSA) is 133 Å². The van der Waals surface area contributed by atoms with Gasteiger partial charge in [0.25, 0.3) is 5.56 Å². The number of aryl methyl sites for hydroxylation is 1. The monoisotopic (exact) mass is 479 g/mol. The van der Waals surface area contributed by atoms with Crippen LogP contribution >= 0.6 is 0 Å². The molecule has 0 saturated carbocycles. The molecule has 3 atom stereocenters. The van der Waals surface area contributed by atoms with Gasteiger partial charge in [0, 0.05) is 18.2 Å². The van der Waals surface area contributed by atoms with Gasteiger partial charge in [-0.05, 0) is 42.0 Å². The smallest absolute Gasteiger partial charge is 0.330 e. The number of aromatic nitrogens is 5. The average Bonchev–Trinajstić information content (AvgIpc) is 3.51. The SMILES string of the molecule is COc1ccc2cc(OCc3cn([C@H]4C[C@H](n5cc(C)c(=O)[nH]c5=O)O[C@@H]4CO)nn3)ccc2c1. The van der Waals surface area contributed by atoms with E-state index in [1.807, 2.05) is 36.4 Å². The molecule has 1 saturated heterocycles. The van der Waals surface area contributed by atoms with Crippen LogP contribution in [0.25, 0.3) is 10.8 Å². The summed E-state index contributed by atoms with van der Waals surface area (Å²) in [7, 11) is 1.64. The molecule has 2 aromatic carbocycles. The van der Waals surface area contributed by atoms with Crippen molar-refractivity contribution in [1.29, 1.82) is 0 Å². The van der Waals surface area contributed by atoms with Crippen LogP contribution in [-0.4, -0.2) is 49.5 Å². The average molecular weight is 479 g/mol. The van der Waals surface area contributed by atoms with Crippen molar-refractivity contribution < 1.29 is 19.3 Å². The van der Waals surface area contributed by atoms with E-state index in [9.17, 15) is 14.7 Å². The van der Waals surface area contributed by atoms with Crippen molar-refractivity contribution in [3.63, 3.8) is 0 Å². The molecule has 5 rings (SSSR count). The molecule has 1 aliphatic heterocycles. The number of nitrogens with zero attached hydrogens (tertiary/aromatic N) is 4. The van der Waals surface area contributed by atoms with E-state index in [4.69, 9.17) is 14.2 Å². The third kappa shape index (κ3) is 4.55. The number of hydrogen-bond donors (Lipinski definition) is 2. The fourth-order valence-corrected chi connectivity index (χ4v) is 4.25. The number of hydrogen-bond acceptors (Lipinski definition) is 8. The summed E-state index contributed by atoms with van der Waals surface area (Å²) in [6.45, 7) is 1.56. The molecular weight excluding hydrogens is 454 g/mol. The Morgan fingerprint density at radius 2 is 1.89 bits per heavy atom. The van der Waals surface area contributed by atoms with Gasteiger partial charge in [0.05, 0.1) is 26.0 Å². The van der Waals surface area contributed by atoms with Crippen molar-refractivity contribution in [3.8, 4) is 11.5 Å². The Balaban J connectivity index is 1.29. The predicted octanol–water partition coefficient (Wildman–Crippen LogP) is 1.70. The Morgan fingerprint density at radius 3 is 2.63 bits per heavy atom. The van der Waals surface area contributed by atoms with Gasteiger partial charge in [0.2, 0.25) is 0 Å². The molecule has 0 unspecified atom stereocenters. The Bertz CT molecular complexity index is 1480. The van der Waals surface area contributed by atoms with Crippen LogP contribution in [0, 0.1) is 6.92 Å². The molecule has 1 fully saturated rings. The summed E-state index contributed by atoms with van der Waals surface area (Å²) in [5, 5.41) is 20.3. The van der Waals surface area contributed by atoms with E-state index >= 15 is 0 Å². The lowest BCUT2D eigenvalue weighted by atomic mass is 10.1. The summed E-state index contributed by atoms with van der Waals surface area (Å²) >= 11 is 0. The quantitative estimate of drug-likeness (QED) is 0.409. The molecule has 0 bridgehead atoms. The first-order chi connectivity index (χ1) is 16.9. The summed E-state index contributed by atoms with van der Waals surface area (Å²) in [5.41, 5.74) is -0.00162. The maximum Gasteiger partial charge on any atom is 0.330 e. The zero-order valence-corrected chi connectivity index (χ0v) is 19.2. The summed E-state index contributed by atoms with van der Waals surface area (Å²) in [6, 6.07) is 11.3. The second-order valence-electron chi connectivity index (χ2n) is 8.45. The van der Waals surface area contributed by atoms with Crippen molar-refractivity contribution in [3.05, 3.63) is 80.9 Å². The Morgan fingerprint density at radius 1 is 1.14 bits per heavy atom. The molecule has 11 nitrogen and oxygen atoms in total. The van der Waals surface area contributed by atoms with Gasteiger partial charge < -0.3 is 19.3 Å². The maximum absolute atomic E-state index is 12.3. The number of aliphatic hydroxyl groups excluding tert-OH is 1. The van der Waals surface area contributed by atoms with Crippen LogP contribution in [-0.2, 0) is 11.3 Å². The van der Waals surface area contributed by atoms with Crippen molar-refractivity contribution in [2.75, 3.05) is 13.7 Å². The van der Waals surface area contributed by atoms with Gasteiger partial charge in [-0.1, -0.05) is 17.3 Å². The number of benzene rings is 2. The van der Waals surface area contributed by atoms with Gasteiger partial charge in [-0.3, -0.25) is 14.3 Å². The lowest BCUT2D eigenvalue weighted by molar-refractivity contribution is -0.0323. The number of rotatable bonds is 7. The second-order valence-corrected chi connectivity index (χ2v) is 8.45. The summed E-state index contributed by atoms with van der Waals surface area (Å²) in [5.74, 6) is 1.49. The van der Waals surface area contributed by atoms with Crippen LogP contribution in [0.15, 0.2) is 58.4 Å². The van der Waals surface area contributed by atoms with Gasteiger partial charge in [-0.2, -0.15) is 0 Å². The third-order valence-corrected chi connectivity index (χ3v) is 6.14. The largest absolute Gasteiger partial charge is 0.497 e. The zero-order valence-electron chi connectivity index (χ0n) is 19.2. The van der Waals surface area contributed by atoms with E-state index in [1.165, 1.54) is 10.8 Å². The standard InChI is InChI=1S/C24H25N5O6/c1-14-10-28(24(32)25-23(14)31)22-9-20(21(12-30)35-22)29-11-17(26-27-29)13-34-19-6-4-15-7-18(33-2)5-3-16(15)8-19/h3-8,10-11,20-22,30H,9,12-13H2,1-2H3,(H,25,31,32)/t20-,21+,22+/m0/s1. The van der Waals surface area contributed by atoms with E-state index in [-0.39, 0.29) is 19.3 Å². The van der Waals surface area contributed by atoms with E-state index in [1.54, 1.807) is 24.9 Å². The minimum absolute atomic E-state index is 0.209. The molecule has 4 aromatic rings. The highest BCUT2D eigenvalue weighted by Gasteiger charge is 2.38. The number of aromatic amines is 1. The highest BCUT2D eigenvalue weighted by molar-refractivity contribution is 5.85. The number of aliphatic hydroxyl groups is 1. The van der Waals surface area contributed by atoms with Crippen molar-refractivity contribution in [2.24, 2.45) is 0 Å². The summed E-state index contributed by atoms with van der Waals surface area (Å²) in [4.78, 5) is 26.2. The molecule has 35 heavy (non-hydrogen) atoms. The third-order valence-electron chi connectivity index (χ3n) is 6.14. The number of ether oxygens (including phenoxy) is 3. The first kappa shape index (κ1) is 22.8. The van der Waals surface area contributed by atoms with Crippen LogP contribution in [0.5, 0.6) is 11.5 Å². The fourth-order valence-electron chi connectivity index (χ4n) is 4.25. The molecule has 3 heterocycles. The minimum Gasteiger partial charge on any atom is -0.497 e. The predicted molar refractivity (Wildman–Crippen MR) is 126 cm³/mol. The molecule has 2 N–H and O–H groups in total. The first-order valence-electron chi connectivity index (χ1n) is 11.1. The highest BCUT2D eigenvalue weighted by Crippen LogP contribution is 2.35. The summed E-state index contributed by atoms with van der Waals surface area (Å²) < 4.78 is 20.0. The summed E-state index contributed by atoms with van der Waals surface area (Å²) in [6.07, 6.45) is 2.33. The van der Waals surface area contributed by atoms with Crippen molar-refractivity contribution >= 4 is 10.8 Å². The van der Waals surface area contributed by atoms with Crippen molar-refractivity contribution in [1.82, 2.24) is 24.5 Å². The molecule has 0 amide bonds. The lowest BCUT2D eigenvalue weighted by Crippen LogP contribution is -2.33. The van der Waals surface area contributed by atoms with Gasteiger partial charge in [-0.25, -0.2) is 9.48 Å². The van der Waals surface area contributed by atoms with E-state index in [0.29, 0.717) is 23.4 Å². The number of fused-ring (bicyclic) bond motifs is 1. The number of H-pyrrole nitrogens is 1. The molecule has 182 valence electrons. The zero-order chi connectivity index (χ0) is 24.5. The van der Waals surface area contributed by atoms with E-state index in [2.05, 4.69) is 15.3 Å². The molecule has 0 aliphatic carbocycles. The second kappa shape index (κ2) is 9.35. The maximum atomic E-state index is 12.3. The molecular formula is C24H25N5O6. The first-order valence-corrected chi connectivity index (χ1v) is 11.1. The van der Waals surface area contributed by atoms with E-state index < -0.39 is 23.6 Å². The van der Waals surface area contributed by atoms with Crippen molar-refractivity contribution in [2.45, 2.75) is 38.3 Å². The van der Waals surface area contributed by atoms with E-state index in [0.717, 1.165) is 16.5 Å².